The fourth-order valence-corrected chi connectivity index (χ4v) is 4.25. The monoisotopic (exact) mass is 438 g/mol. The number of urea groups is 1. The maximum absolute atomic E-state index is 13.0. The van der Waals surface area contributed by atoms with E-state index in [2.05, 4.69) is 15.5 Å². The van der Waals surface area contributed by atoms with Gasteiger partial charge in [-0.3, -0.25) is 4.90 Å². The molecule has 4 rings (SSSR count). The van der Waals surface area contributed by atoms with Crippen molar-refractivity contribution in [3.05, 3.63) is 65.0 Å². The Morgan fingerprint density at radius 1 is 1.23 bits per heavy atom. The lowest BCUT2D eigenvalue weighted by molar-refractivity contribution is 0.0736. The van der Waals surface area contributed by atoms with E-state index in [1.165, 1.54) is 0 Å². The Morgan fingerprint density at radius 2 is 2.03 bits per heavy atom. The van der Waals surface area contributed by atoms with Crippen LogP contribution < -0.4 is 5.32 Å². The van der Waals surface area contributed by atoms with Crippen molar-refractivity contribution in [1.29, 1.82) is 0 Å². The molecular weight excluding hydrogens is 412 g/mol. The molecule has 7 nitrogen and oxygen atoms in total. The van der Waals surface area contributed by atoms with Crippen LogP contribution in [0.5, 0.6) is 0 Å². The van der Waals surface area contributed by atoms with Crippen LogP contribution in [0.3, 0.4) is 0 Å². The largest absolute Gasteiger partial charge is 0.379 e. The summed E-state index contributed by atoms with van der Waals surface area (Å²) >= 11 is 1.56. The molecule has 0 saturated carbocycles. The van der Waals surface area contributed by atoms with E-state index < -0.39 is 0 Å². The summed E-state index contributed by atoms with van der Waals surface area (Å²) in [6.45, 7) is 7.07. The third-order valence-corrected chi connectivity index (χ3v) is 5.97. The van der Waals surface area contributed by atoms with Gasteiger partial charge in [-0.05, 0) is 44.2 Å². The summed E-state index contributed by atoms with van der Waals surface area (Å²) < 4.78 is 11.3. The van der Waals surface area contributed by atoms with Crippen LogP contribution in [-0.2, 0) is 4.74 Å². The van der Waals surface area contributed by atoms with Gasteiger partial charge in [0.05, 0.1) is 22.6 Å². The molecule has 1 aliphatic rings. The van der Waals surface area contributed by atoms with Gasteiger partial charge in [-0.1, -0.05) is 41.6 Å². The molecular formula is C23H26N4O3S. The third kappa shape index (κ3) is 4.70. The van der Waals surface area contributed by atoms with Crippen molar-refractivity contribution in [3.8, 4) is 10.7 Å². The Morgan fingerprint density at radius 3 is 2.74 bits per heavy atom. The zero-order valence-electron chi connectivity index (χ0n) is 17.9. The molecule has 0 aliphatic carbocycles. The number of hydrogen-bond acceptors (Lipinski definition) is 6. The van der Waals surface area contributed by atoms with Crippen molar-refractivity contribution in [2.24, 2.45) is 0 Å². The van der Waals surface area contributed by atoms with Crippen LogP contribution >= 0.6 is 11.3 Å². The normalized spacial score (nSPS) is 16.8. The summed E-state index contributed by atoms with van der Waals surface area (Å²) in [5.41, 5.74) is 2.58. The van der Waals surface area contributed by atoms with Gasteiger partial charge in [-0.25, -0.2) is 4.79 Å². The van der Waals surface area contributed by atoms with E-state index in [0.29, 0.717) is 24.9 Å². The Balaban J connectivity index is 1.68. The number of thiophene rings is 1. The van der Waals surface area contributed by atoms with Crippen LogP contribution in [0.1, 0.15) is 44.7 Å². The highest BCUT2D eigenvalue weighted by molar-refractivity contribution is 7.13. The highest BCUT2D eigenvalue weighted by Gasteiger charge is 2.35. The van der Waals surface area contributed by atoms with E-state index in [1.807, 2.05) is 68.6 Å². The molecule has 8 heteroatoms. The first-order chi connectivity index (χ1) is 15.0. The number of carbonyl (C=O) groups excluding carboxylic acids is 1. The van der Waals surface area contributed by atoms with Crippen LogP contribution in [-0.4, -0.2) is 40.3 Å². The van der Waals surface area contributed by atoms with Crippen LogP contribution in [0.4, 0.5) is 4.79 Å². The Kier molecular flexibility index (Phi) is 6.48. The lowest BCUT2D eigenvalue weighted by atomic mass is 9.94. The van der Waals surface area contributed by atoms with Crippen molar-refractivity contribution in [3.63, 3.8) is 0 Å². The molecule has 2 amide bonds. The SMILES string of the molecule is CC1=C(c2nc(-c3cccs3)no2)C(c2ccccc2)NC(=O)N1CCCOC(C)C. The van der Waals surface area contributed by atoms with Crippen molar-refractivity contribution in [1.82, 2.24) is 20.4 Å². The minimum absolute atomic E-state index is 0.141. The van der Waals surface area contributed by atoms with Crippen LogP contribution in [0.25, 0.3) is 16.3 Å². The first kappa shape index (κ1) is 21.3. The highest BCUT2D eigenvalue weighted by Crippen LogP contribution is 2.37. The van der Waals surface area contributed by atoms with Crippen molar-refractivity contribution < 1.29 is 14.1 Å². The molecule has 0 spiro atoms. The van der Waals surface area contributed by atoms with Crippen LogP contribution in [0, 0.1) is 0 Å². The lowest BCUT2D eigenvalue weighted by Crippen LogP contribution is -2.46. The molecule has 0 radical (unpaired) electrons. The van der Waals surface area contributed by atoms with Crippen molar-refractivity contribution in [2.75, 3.05) is 13.2 Å². The first-order valence-electron chi connectivity index (χ1n) is 10.4. The molecule has 0 fully saturated rings. The summed E-state index contributed by atoms with van der Waals surface area (Å²) in [6, 6.07) is 13.2. The molecule has 3 aromatic rings. The van der Waals surface area contributed by atoms with Gasteiger partial charge in [0.1, 0.15) is 0 Å². The number of rotatable bonds is 8. The molecule has 2 aromatic heterocycles. The molecule has 1 aromatic carbocycles. The topological polar surface area (TPSA) is 80.5 Å². The standard InChI is InChI=1S/C23H26N4O3S/c1-15(2)29-13-8-12-27-16(3)19(20(24-23(27)28)17-9-5-4-6-10-17)22-25-21(26-30-22)18-11-7-14-31-18/h4-7,9-11,14-15,20H,8,12-13H2,1-3H3,(H,24,28). The number of hydrogen-bond donors (Lipinski definition) is 1. The number of amides is 2. The predicted molar refractivity (Wildman–Crippen MR) is 120 cm³/mol. The van der Waals surface area contributed by atoms with Crippen LogP contribution in [0.2, 0.25) is 0 Å². The van der Waals surface area contributed by atoms with Gasteiger partial charge in [0, 0.05) is 18.8 Å². The van der Waals surface area contributed by atoms with Gasteiger partial charge in [-0.15, -0.1) is 11.3 Å². The number of nitrogens with one attached hydrogen (secondary N) is 1. The molecule has 1 atom stereocenters. The maximum atomic E-state index is 13.0. The van der Waals surface area contributed by atoms with E-state index >= 15 is 0 Å². The molecule has 31 heavy (non-hydrogen) atoms. The second kappa shape index (κ2) is 9.45. The predicted octanol–water partition coefficient (Wildman–Crippen LogP) is 5.11. The number of benzene rings is 1. The smallest absolute Gasteiger partial charge is 0.322 e. The molecule has 1 aliphatic heterocycles. The lowest BCUT2D eigenvalue weighted by Gasteiger charge is -2.35. The minimum Gasteiger partial charge on any atom is -0.379 e. The van der Waals surface area contributed by atoms with E-state index in [0.717, 1.165) is 28.1 Å². The summed E-state index contributed by atoms with van der Waals surface area (Å²) in [5.74, 6) is 0.962. The van der Waals surface area contributed by atoms with Crippen molar-refractivity contribution in [2.45, 2.75) is 39.3 Å². The quantitative estimate of drug-likeness (QED) is 0.494. The number of carbonyl (C=O) groups is 1. The van der Waals surface area contributed by atoms with Crippen LogP contribution in [0.15, 0.2) is 58.1 Å². The molecule has 1 N–H and O–H groups in total. The summed E-state index contributed by atoms with van der Waals surface area (Å²) in [6.07, 6.45) is 0.898. The van der Waals surface area contributed by atoms with Gasteiger partial charge >= 0.3 is 6.03 Å². The first-order valence-corrected chi connectivity index (χ1v) is 11.3. The minimum atomic E-state index is -0.367. The number of ether oxygens (including phenoxy) is 1. The fraction of sp³-hybridized carbons (Fsp3) is 0.348. The Labute approximate surface area is 185 Å². The average molecular weight is 439 g/mol. The molecule has 1 unspecified atom stereocenters. The highest BCUT2D eigenvalue weighted by atomic mass is 32.1. The molecule has 162 valence electrons. The summed E-state index contributed by atoms with van der Waals surface area (Å²) in [5, 5.41) is 9.27. The zero-order valence-corrected chi connectivity index (χ0v) is 18.7. The van der Waals surface area contributed by atoms with Gasteiger partial charge in [0.15, 0.2) is 0 Å². The summed E-state index contributed by atoms with van der Waals surface area (Å²) in [4.78, 5) is 20.3. The van der Waals surface area contributed by atoms with E-state index in [9.17, 15) is 4.79 Å². The maximum Gasteiger partial charge on any atom is 0.322 e. The van der Waals surface area contributed by atoms with E-state index in [-0.39, 0.29) is 18.2 Å². The molecule has 0 bridgehead atoms. The summed E-state index contributed by atoms with van der Waals surface area (Å²) in [7, 11) is 0. The Bertz CT molecular complexity index is 1040. The second-order valence-corrected chi connectivity index (χ2v) is 8.57. The van der Waals surface area contributed by atoms with Crippen molar-refractivity contribution >= 4 is 22.9 Å². The van der Waals surface area contributed by atoms with Gasteiger partial charge < -0.3 is 14.6 Å². The molecule has 0 saturated heterocycles. The van der Waals surface area contributed by atoms with E-state index in [1.54, 1.807) is 16.2 Å². The zero-order chi connectivity index (χ0) is 21.8. The Hall–Kier alpha value is -2.97. The van der Waals surface area contributed by atoms with E-state index in [4.69, 9.17) is 9.26 Å². The average Bonchev–Trinajstić information content (AvgIpc) is 3.45. The van der Waals surface area contributed by atoms with Gasteiger partial charge in [0.2, 0.25) is 5.82 Å². The van der Waals surface area contributed by atoms with Gasteiger partial charge in [-0.2, -0.15) is 4.98 Å². The second-order valence-electron chi connectivity index (χ2n) is 7.62. The fourth-order valence-electron chi connectivity index (χ4n) is 3.60. The number of allylic oxidation sites excluding steroid dienone is 1. The number of aromatic nitrogens is 2. The number of nitrogens with zero attached hydrogens (tertiary/aromatic N) is 3. The molecule has 3 heterocycles. The van der Waals surface area contributed by atoms with Gasteiger partial charge in [0.25, 0.3) is 5.89 Å². The third-order valence-electron chi connectivity index (χ3n) is 5.10.